The first-order valence-electron chi connectivity index (χ1n) is 13.6. The Bertz CT molecular complexity index is 1170. The van der Waals surface area contributed by atoms with Crippen molar-refractivity contribution in [2.75, 3.05) is 0 Å². The van der Waals surface area contributed by atoms with E-state index in [1.54, 1.807) is 0 Å². The molecule has 12 nitrogen and oxygen atoms in total. The van der Waals surface area contributed by atoms with Crippen molar-refractivity contribution in [3.8, 4) is 23.0 Å². The second kappa shape index (κ2) is 27.3. The van der Waals surface area contributed by atoms with E-state index < -0.39 is 56.0 Å². The first kappa shape index (κ1) is 46.5. The summed E-state index contributed by atoms with van der Waals surface area (Å²) in [5.41, 5.74) is 2.09. The van der Waals surface area contributed by atoms with Crippen LogP contribution in [-0.4, -0.2) is 128 Å². The summed E-state index contributed by atoms with van der Waals surface area (Å²) in [5.74, 6) is 1.17. The van der Waals surface area contributed by atoms with Gasteiger partial charge in [-0.2, -0.15) is 0 Å². The van der Waals surface area contributed by atoms with Crippen LogP contribution in [0.2, 0.25) is 0 Å². The summed E-state index contributed by atoms with van der Waals surface area (Å²) in [6.45, 7) is -2.16. The third kappa shape index (κ3) is 22.8. The van der Waals surface area contributed by atoms with Gasteiger partial charge >= 0.3 is 87.5 Å². The Labute approximate surface area is 330 Å². The first-order valence-corrected chi connectivity index (χ1v) is 13.6. The van der Waals surface area contributed by atoms with Crippen LogP contribution in [0.15, 0.2) is 97.1 Å². The van der Waals surface area contributed by atoms with Gasteiger partial charge in [-0.3, -0.25) is 0 Å². The molecule has 0 saturated heterocycles. The summed E-state index contributed by atoms with van der Waals surface area (Å²) >= 11 is 0. The average molecular weight is 766 g/mol. The number of hydrogen-bond acceptors (Lipinski definition) is 12. The quantitative estimate of drug-likeness (QED) is 0.0763. The van der Waals surface area contributed by atoms with Gasteiger partial charge in [-0.15, -0.1) is 0 Å². The third-order valence-corrected chi connectivity index (χ3v) is 5.28. The molecule has 4 aromatic rings. The zero-order chi connectivity index (χ0) is 35.9. The van der Waals surface area contributed by atoms with Crippen molar-refractivity contribution < 1.29 is 76.4 Å². The second-order valence-corrected chi connectivity index (χ2v) is 8.89. The molecular weight excluding hydrogens is 733 g/mol. The predicted molar refractivity (Wildman–Crippen MR) is 175 cm³/mol. The SMILES string of the molecule is OB(O)Oc1ccc(CF)cc1.OB(O)Oc1ccc(CF)cc1.OB(O)Oc1ccc(CF)cc1.OB(O)Oc1ccc(CF)cc1.[RbH]. The van der Waals surface area contributed by atoms with Gasteiger partial charge in [-0.25, -0.2) is 17.6 Å². The number of hydrogen-bond donors (Lipinski definition) is 8. The maximum atomic E-state index is 12.0. The van der Waals surface area contributed by atoms with E-state index in [2.05, 4.69) is 18.6 Å². The summed E-state index contributed by atoms with van der Waals surface area (Å²) in [7, 11) is -7.33. The zero-order valence-corrected chi connectivity index (χ0v) is 25.1. The number of benzene rings is 4. The fraction of sp³-hybridized carbons (Fsp3) is 0.143. The van der Waals surface area contributed by atoms with Crippen LogP contribution < -0.4 is 18.6 Å². The standard InChI is InChI=1S/4C7H8BFO3.Rb.H/c4*9-5-6-1-3-7(4-2-6)12-8(10)11;;/h4*1-4,10-11H,5H2;;. The van der Waals surface area contributed by atoms with Crippen LogP contribution in [-0.2, 0) is 26.7 Å². The van der Waals surface area contributed by atoms with Gasteiger partial charge in [0.15, 0.2) is 0 Å². The fourth-order valence-electron chi connectivity index (χ4n) is 3.12. The van der Waals surface area contributed by atoms with E-state index in [0.717, 1.165) is 0 Å². The van der Waals surface area contributed by atoms with Crippen molar-refractivity contribution in [3.63, 3.8) is 0 Å². The monoisotopic (exact) mass is 766 g/mol. The molecule has 0 aliphatic carbocycles. The van der Waals surface area contributed by atoms with Crippen molar-refractivity contribution in [2.24, 2.45) is 0 Å². The molecule has 0 spiro atoms. The van der Waals surface area contributed by atoms with Crippen LogP contribution in [0.4, 0.5) is 17.6 Å². The molecule has 21 heteroatoms. The third-order valence-electron chi connectivity index (χ3n) is 5.28. The van der Waals surface area contributed by atoms with E-state index in [9.17, 15) is 17.6 Å². The Balaban J connectivity index is 0.000000623. The summed E-state index contributed by atoms with van der Waals surface area (Å²) in [6.07, 6.45) is 0. The predicted octanol–water partition coefficient (Wildman–Crippen LogP) is 1.37. The number of halogens is 4. The van der Waals surface area contributed by atoms with Gasteiger partial charge in [-0.05, 0) is 70.8 Å². The van der Waals surface area contributed by atoms with E-state index in [1.807, 2.05) is 0 Å². The molecule has 0 bridgehead atoms. The van der Waals surface area contributed by atoms with Crippen molar-refractivity contribution in [1.29, 1.82) is 0 Å². The van der Waals surface area contributed by atoms with Crippen LogP contribution in [0.25, 0.3) is 0 Å². The van der Waals surface area contributed by atoms with Crippen molar-refractivity contribution >= 4 is 87.5 Å². The number of alkyl halides is 4. The van der Waals surface area contributed by atoms with Crippen LogP contribution >= 0.6 is 0 Å². The molecule has 0 amide bonds. The van der Waals surface area contributed by atoms with E-state index in [0.29, 0.717) is 45.3 Å². The van der Waals surface area contributed by atoms with Crippen molar-refractivity contribution in [2.45, 2.75) is 26.7 Å². The van der Waals surface area contributed by atoms with E-state index in [1.165, 1.54) is 97.1 Å². The average Bonchev–Trinajstić information content (AvgIpc) is 3.06. The van der Waals surface area contributed by atoms with Gasteiger partial charge in [0, 0.05) is 0 Å². The molecule has 0 radical (unpaired) electrons. The van der Waals surface area contributed by atoms with Crippen LogP contribution in [0.5, 0.6) is 23.0 Å². The van der Waals surface area contributed by atoms with Crippen LogP contribution in [0, 0.1) is 0 Å². The number of rotatable bonds is 12. The summed E-state index contributed by atoms with van der Waals surface area (Å²) < 4.78 is 65.9. The molecule has 4 rings (SSSR count). The molecule has 0 unspecified atom stereocenters. The molecule has 0 aromatic heterocycles. The Morgan fingerprint density at radius 2 is 0.469 bits per heavy atom. The Morgan fingerprint density at radius 1 is 0.327 bits per heavy atom. The maximum absolute atomic E-state index is 12.0. The molecule has 0 heterocycles. The van der Waals surface area contributed by atoms with Gasteiger partial charge in [-0.1, -0.05) is 48.5 Å². The van der Waals surface area contributed by atoms with Gasteiger partial charge < -0.3 is 58.8 Å². The van der Waals surface area contributed by atoms with Gasteiger partial charge in [0.2, 0.25) is 0 Å². The van der Waals surface area contributed by atoms with Gasteiger partial charge in [0.05, 0.1) is 0 Å². The molecular formula is C28H33B4F4O12Rb. The van der Waals surface area contributed by atoms with E-state index in [4.69, 9.17) is 40.2 Å². The molecule has 258 valence electrons. The van der Waals surface area contributed by atoms with Gasteiger partial charge in [0.1, 0.15) is 49.7 Å². The summed E-state index contributed by atoms with van der Waals surface area (Å²) in [5, 5.41) is 67.1. The Hall–Kier alpha value is -2.46. The normalized spacial score (nSPS) is 9.39. The summed E-state index contributed by atoms with van der Waals surface area (Å²) in [6, 6.07) is 23.8. The molecule has 0 aliphatic heterocycles. The molecule has 4 aromatic carbocycles. The topological polar surface area (TPSA) is 199 Å². The van der Waals surface area contributed by atoms with Crippen LogP contribution in [0.1, 0.15) is 22.3 Å². The molecule has 0 saturated carbocycles. The van der Waals surface area contributed by atoms with E-state index >= 15 is 0 Å². The first-order chi connectivity index (χ1) is 22.9. The second-order valence-electron chi connectivity index (χ2n) is 8.89. The molecule has 8 N–H and O–H groups in total. The minimum absolute atomic E-state index is 0. The molecule has 0 atom stereocenters. The zero-order valence-electron chi connectivity index (χ0n) is 25.1. The molecule has 0 aliphatic rings. The minimum atomic E-state index is -1.83. The van der Waals surface area contributed by atoms with E-state index in [-0.39, 0.29) is 58.2 Å². The summed E-state index contributed by atoms with van der Waals surface area (Å²) in [4.78, 5) is 0. The molecule has 0 fully saturated rings. The Morgan fingerprint density at radius 3 is 0.571 bits per heavy atom. The fourth-order valence-corrected chi connectivity index (χ4v) is 3.12. The van der Waals surface area contributed by atoms with Gasteiger partial charge in [0.25, 0.3) is 0 Å². The molecule has 49 heavy (non-hydrogen) atoms. The van der Waals surface area contributed by atoms with Crippen molar-refractivity contribution in [1.82, 2.24) is 0 Å². The van der Waals surface area contributed by atoms with Crippen molar-refractivity contribution in [3.05, 3.63) is 119 Å². The van der Waals surface area contributed by atoms with Crippen LogP contribution in [0.3, 0.4) is 0 Å². The Kier molecular flexibility index (Phi) is 25.9.